The van der Waals surface area contributed by atoms with Crippen LogP contribution in [0.4, 0.5) is 0 Å². The second-order valence-corrected chi connectivity index (χ2v) is 7.22. The van der Waals surface area contributed by atoms with E-state index in [0.717, 1.165) is 0 Å². The van der Waals surface area contributed by atoms with E-state index in [1.54, 1.807) is 35.2 Å². The smallest absolute Gasteiger partial charge is 0.254 e. The van der Waals surface area contributed by atoms with Crippen LogP contribution in [-0.2, 0) is 9.84 Å². The topological polar surface area (TPSA) is 78.2 Å². The monoisotopic (exact) mass is 304 g/mol. The average molecular weight is 304 g/mol. The zero-order valence-electron chi connectivity index (χ0n) is 11.5. The number of carbonyl (C=O) groups is 1. The summed E-state index contributed by atoms with van der Waals surface area (Å²) in [5.74, 6) is -0.115. The molecule has 1 aliphatic heterocycles. The normalized spacial score (nSPS) is 19.7. The van der Waals surface area contributed by atoms with Crippen LogP contribution in [0.1, 0.15) is 22.3 Å². The van der Waals surface area contributed by atoms with Gasteiger partial charge in [-0.05, 0) is 30.7 Å². The SMILES string of the molecule is C=CCN(C(=O)c1ccc(C#N)cc1)C1CCS(=O)(=O)C1. The molecule has 0 radical (unpaired) electrons. The Morgan fingerprint density at radius 2 is 2.10 bits per heavy atom. The summed E-state index contributed by atoms with van der Waals surface area (Å²) in [7, 11) is -3.06. The summed E-state index contributed by atoms with van der Waals surface area (Å²) < 4.78 is 23.2. The molecule has 1 amide bonds. The predicted octanol–water partition coefficient (Wildman–Crippen LogP) is 1.37. The third-order valence-corrected chi connectivity index (χ3v) is 5.25. The van der Waals surface area contributed by atoms with Gasteiger partial charge in [0.1, 0.15) is 0 Å². The predicted molar refractivity (Wildman–Crippen MR) is 79.4 cm³/mol. The van der Waals surface area contributed by atoms with Crippen molar-refractivity contribution in [3.05, 3.63) is 48.0 Å². The van der Waals surface area contributed by atoms with Crippen LogP contribution in [0.3, 0.4) is 0 Å². The number of rotatable bonds is 4. The van der Waals surface area contributed by atoms with Crippen molar-refractivity contribution in [1.82, 2.24) is 4.90 Å². The minimum absolute atomic E-state index is 0.00284. The lowest BCUT2D eigenvalue weighted by molar-refractivity contribution is 0.0720. The number of hydrogen-bond acceptors (Lipinski definition) is 4. The third kappa shape index (κ3) is 3.50. The molecule has 5 nitrogen and oxygen atoms in total. The average Bonchev–Trinajstić information content (AvgIpc) is 2.84. The zero-order valence-corrected chi connectivity index (χ0v) is 12.3. The number of amides is 1. The van der Waals surface area contributed by atoms with Crippen molar-refractivity contribution in [2.45, 2.75) is 12.5 Å². The summed E-state index contributed by atoms with van der Waals surface area (Å²) in [6.07, 6.45) is 2.05. The van der Waals surface area contributed by atoms with Gasteiger partial charge in [-0.25, -0.2) is 8.42 Å². The van der Waals surface area contributed by atoms with Gasteiger partial charge in [0.15, 0.2) is 9.84 Å². The molecular weight excluding hydrogens is 288 g/mol. The van der Waals surface area contributed by atoms with E-state index in [2.05, 4.69) is 6.58 Å². The fourth-order valence-electron chi connectivity index (χ4n) is 2.41. The molecule has 1 aliphatic rings. The highest BCUT2D eigenvalue weighted by Crippen LogP contribution is 2.20. The maximum Gasteiger partial charge on any atom is 0.254 e. The molecule has 1 aromatic carbocycles. The summed E-state index contributed by atoms with van der Waals surface area (Å²) in [6.45, 7) is 3.93. The molecule has 21 heavy (non-hydrogen) atoms. The Balaban J connectivity index is 2.23. The van der Waals surface area contributed by atoms with Crippen LogP contribution >= 0.6 is 0 Å². The second-order valence-electron chi connectivity index (χ2n) is 4.99. The summed E-state index contributed by atoms with van der Waals surface area (Å²) in [5.41, 5.74) is 0.922. The lowest BCUT2D eigenvalue weighted by Crippen LogP contribution is -2.41. The van der Waals surface area contributed by atoms with Crippen LogP contribution in [0.25, 0.3) is 0 Å². The summed E-state index contributed by atoms with van der Waals surface area (Å²) >= 11 is 0. The van der Waals surface area contributed by atoms with Gasteiger partial charge in [-0.2, -0.15) is 5.26 Å². The van der Waals surface area contributed by atoms with Gasteiger partial charge in [0.05, 0.1) is 23.1 Å². The number of nitrogens with zero attached hydrogens (tertiary/aromatic N) is 2. The maximum absolute atomic E-state index is 12.5. The van der Waals surface area contributed by atoms with Crippen molar-refractivity contribution in [1.29, 1.82) is 5.26 Å². The van der Waals surface area contributed by atoms with Gasteiger partial charge in [-0.3, -0.25) is 4.79 Å². The van der Waals surface area contributed by atoms with E-state index in [4.69, 9.17) is 5.26 Å². The molecule has 6 heteroatoms. The van der Waals surface area contributed by atoms with Crippen molar-refractivity contribution in [2.24, 2.45) is 0 Å². The molecule has 1 saturated heterocycles. The fraction of sp³-hybridized carbons (Fsp3) is 0.333. The van der Waals surface area contributed by atoms with Crippen molar-refractivity contribution in [3.8, 4) is 6.07 Å². The molecule has 2 rings (SSSR count). The Kier molecular flexibility index (Phi) is 4.43. The Labute approximate surface area is 124 Å². The quantitative estimate of drug-likeness (QED) is 0.787. The Morgan fingerprint density at radius 3 is 2.57 bits per heavy atom. The molecular formula is C15H16N2O3S. The standard InChI is InChI=1S/C15H16N2O3S/c1-2-8-17(14-7-9-21(19,20)11-14)15(18)13-5-3-12(10-16)4-6-13/h2-6,14H,1,7-9,11H2. The summed E-state index contributed by atoms with van der Waals surface area (Å²) in [6, 6.07) is 8.00. The molecule has 1 unspecified atom stereocenters. The van der Waals surface area contributed by atoms with Crippen molar-refractivity contribution < 1.29 is 13.2 Å². The molecule has 0 aromatic heterocycles. The largest absolute Gasteiger partial charge is 0.331 e. The number of sulfone groups is 1. The number of hydrogen-bond donors (Lipinski definition) is 0. The van der Waals surface area contributed by atoms with Gasteiger partial charge in [0, 0.05) is 18.2 Å². The molecule has 1 heterocycles. The second kappa shape index (κ2) is 6.10. The minimum Gasteiger partial charge on any atom is -0.331 e. The van der Waals surface area contributed by atoms with E-state index in [0.29, 0.717) is 24.1 Å². The van der Waals surface area contributed by atoms with Crippen molar-refractivity contribution in [3.63, 3.8) is 0 Å². The van der Waals surface area contributed by atoms with Gasteiger partial charge in [0.2, 0.25) is 0 Å². The number of carbonyl (C=O) groups excluding carboxylic acids is 1. The highest BCUT2D eigenvalue weighted by atomic mass is 32.2. The van der Waals surface area contributed by atoms with Crippen LogP contribution in [0, 0.1) is 11.3 Å². The Bertz CT molecular complexity index is 687. The molecule has 1 atom stereocenters. The lowest BCUT2D eigenvalue weighted by Gasteiger charge is -2.27. The van der Waals surface area contributed by atoms with Gasteiger partial charge in [-0.15, -0.1) is 6.58 Å². The highest BCUT2D eigenvalue weighted by molar-refractivity contribution is 7.91. The van der Waals surface area contributed by atoms with Crippen molar-refractivity contribution in [2.75, 3.05) is 18.1 Å². The molecule has 0 saturated carbocycles. The summed E-state index contributed by atoms with van der Waals surface area (Å²) in [5, 5.41) is 8.77. The van der Waals surface area contributed by atoms with E-state index in [-0.39, 0.29) is 23.5 Å². The zero-order chi connectivity index (χ0) is 15.5. The molecule has 110 valence electrons. The Hall–Kier alpha value is -2.13. The first kappa shape index (κ1) is 15.3. The van der Waals surface area contributed by atoms with Gasteiger partial charge in [0.25, 0.3) is 5.91 Å². The van der Waals surface area contributed by atoms with Gasteiger partial charge in [-0.1, -0.05) is 6.08 Å². The van der Waals surface area contributed by atoms with Crippen LogP contribution in [0.15, 0.2) is 36.9 Å². The molecule has 1 fully saturated rings. The lowest BCUT2D eigenvalue weighted by atomic mass is 10.1. The Morgan fingerprint density at radius 1 is 1.43 bits per heavy atom. The molecule has 0 bridgehead atoms. The van der Waals surface area contributed by atoms with Crippen molar-refractivity contribution >= 4 is 15.7 Å². The van der Waals surface area contributed by atoms with Crippen LogP contribution in [0.5, 0.6) is 0 Å². The molecule has 0 spiro atoms. The van der Waals surface area contributed by atoms with E-state index >= 15 is 0 Å². The maximum atomic E-state index is 12.5. The first-order valence-corrected chi connectivity index (χ1v) is 8.41. The first-order valence-electron chi connectivity index (χ1n) is 6.59. The van der Waals surface area contributed by atoms with Gasteiger partial charge < -0.3 is 4.90 Å². The van der Waals surface area contributed by atoms with E-state index in [1.807, 2.05) is 6.07 Å². The first-order chi connectivity index (χ1) is 9.96. The van der Waals surface area contributed by atoms with Crippen LogP contribution in [-0.4, -0.2) is 43.3 Å². The van der Waals surface area contributed by atoms with E-state index in [9.17, 15) is 13.2 Å². The van der Waals surface area contributed by atoms with Gasteiger partial charge >= 0.3 is 0 Å². The fourth-order valence-corrected chi connectivity index (χ4v) is 4.14. The summed E-state index contributed by atoms with van der Waals surface area (Å²) in [4.78, 5) is 14.1. The van der Waals surface area contributed by atoms with E-state index < -0.39 is 9.84 Å². The highest BCUT2D eigenvalue weighted by Gasteiger charge is 2.34. The van der Waals surface area contributed by atoms with E-state index in [1.165, 1.54) is 0 Å². The number of nitriles is 1. The van der Waals surface area contributed by atoms with Crippen LogP contribution < -0.4 is 0 Å². The number of benzene rings is 1. The third-order valence-electron chi connectivity index (χ3n) is 3.50. The van der Waals surface area contributed by atoms with Crippen LogP contribution in [0.2, 0.25) is 0 Å². The molecule has 1 aromatic rings. The molecule has 0 N–H and O–H groups in total. The minimum atomic E-state index is -3.06. The molecule has 0 aliphatic carbocycles.